The molecule has 9 nitrogen and oxygen atoms in total. The molecule has 10 heteroatoms. The van der Waals surface area contributed by atoms with E-state index >= 15 is 0 Å². The zero-order valence-corrected chi connectivity index (χ0v) is 15.8. The summed E-state index contributed by atoms with van der Waals surface area (Å²) in [6.45, 7) is 1.71. The number of amides is 1. The molecule has 1 amide bonds. The smallest absolute Gasteiger partial charge is 0.270 e. The van der Waals surface area contributed by atoms with E-state index in [1.807, 2.05) is 0 Å². The van der Waals surface area contributed by atoms with Gasteiger partial charge in [-0.15, -0.1) is 0 Å². The molecule has 2 aromatic rings. The van der Waals surface area contributed by atoms with E-state index in [0.29, 0.717) is 31.9 Å². The standard InChI is InChI=1S/C17H23N5O4S/c1-26-10-2-8-19-16-11-15(21-12-22-16)17(23)20-9-7-13-3-5-14(6-4-13)27(18,24)25/h3-6,11-12H,2,7-10H2,1H3,(H,20,23)(H2,18,24,25)(H,19,21,22). The zero-order chi connectivity index (χ0) is 19.7. The largest absolute Gasteiger partial charge is 0.385 e. The number of methoxy groups -OCH3 is 1. The molecule has 0 atom stereocenters. The summed E-state index contributed by atoms with van der Waals surface area (Å²) in [6, 6.07) is 7.80. The van der Waals surface area contributed by atoms with Crippen molar-refractivity contribution >= 4 is 21.7 Å². The van der Waals surface area contributed by atoms with Crippen molar-refractivity contribution in [1.82, 2.24) is 15.3 Å². The lowest BCUT2D eigenvalue weighted by atomic mass is 10.1. The number of hydrogen-bond donors (Lipinski definition) is 3. The van der Waals surface area contributed by atoms with Crippen LogP contribution in [-0.4, -0.2) is 51.1 Å². The van der Waals surface area contributed by atoms with Crippen LogP contribution in [0.3, 0.4) is 0 Å². The van der Waals surface area contributed by atoms with Gasteiger partial charge in [0.1, 0.15) is 17.8 Å². The fraction of sp³-hybridized carbons (Fsp3) is 0.353. The van der Waals surface area contributed by atoms with Gasteiger partial charge in [-0.05, 0) is 30.5 Å². The van der Waals surface area contributed by atoms with Crippen molar-refractivity contribution in [3.8, 4) is 0 Å². The summed E-state index contributed by atoms with van der Waals surface area (Å²) in [7, 11) is -2.06. The number of nitrogens with one attached hydrogen (secondary N) is 2. The number of ether oxygens (including phenoxy) is 1. The van der Waals surface area contributed by atoms with E-state index < -0.39 is 10.0 Å². The second-order valence-electron chi connectivity index (χ2n) is 5.76. The number of aromatic nitrogens is 2. The molecule has 146 valence electrons. The van der Waals surface area contributed by atoms with Crippen LogP contribution in [0.5, 0.6) is 0 Å². The monoisotopic (exact) mass is 393 g/mol. The molecular formula is C17H23N5O4S. The van der Waals surface area contributed by atoms with Crippen LogP contribution in [0.4, 0.5) is 5.82 Å². The van der Waals surface area contributed by atoms with Crippen LogP contribution in [0.1, 0.15) is 22.5 Å². The molecule has 0 spiro atoms. The molecule has 0 unspecified atom stereocenters. The Balaban J connectivity index is 1.83. The van der Waals surface area contributed by atoms with E-state index in [2.05, 4.69) is 20.6 Å². The van der Waals surface area contributed by atoms with Crippen LogP contribution in [-0.2, 0) is 21.2 Å². The first kappa shape index (κ1) is 20.7. The van der Waals surface area contributed by atoms with Crippen LogP contribution in [0.2, 0.25) is 0 Å². The molecule has 0 saturated heterocycles. The summed E-state index contributed by atoms with van der Waals surface area (Å²) >= 11 is 0. The van der Waals surface area contributed by atoms with Crippen molar-refractivity contribution in [3.63, 3.8) is 0 Å². The summed E-state index contributed by atoms with van der Waals surface area (Å²) in [4.78, 5) is 20.3. The third-order valence-corrected chi connectivity index (χ3v) is 4.61. The van der Waals surface area contributed by atoms with E-state index in [1.165, 1.54) is 18.5 Å². The Labute approximate surface area is 158 Å². The first-order valence-electron chi connectivity index (χ1n) is 8.35. The van der Waals surface area contributed by atoms with Crippen LogP contribution in [0.15, 0.2) is 41.6 Å². The van der Waals surface area contributed by atoms with Gasteiger partial charge in [-0.25, -0.2) is 23.5 Å². The number of sulfonamides is 1. The maximum atomic E-state index is 12.2. The average Bonchev–Trinajstić information content (AvgIpc) is 2.65. The predicted octanol–water partition coefficient (Wildman–Crippen LogP) is 0.545. The van der Waals surface area contributed by atoms with E-state index in [4.69, 9.17) is 9.88 Å². The van der Waals surface area contributed by atoms with Gasteiger partial charge in [-0.2, -0.15) is 0 Å². The van der Waals surface area contributed by atoms with Gasteiger partial charge < -0.3 is 15.4 Å². The molecule has 1 aromatic heterocycles. The normalized spacial score (nSPS) is 11.2. The zero-order valence-electron chi connectivity index (χ0n) is 15.0. The Morgan fingerprint density at radius 2 is 1.93 bits per heavy atom. The highest BCUT2D eigenvalue weighted by Crippen LogP contribution is 2.09. The van der Waals surface area contributed by atoms with Crippen LogP contribution < -0.4 is 15.8 Å². The molecule has 0 fully saturated rings. The minimum absolute atomic E-state index is 0.0572. The molecule has 0 radical (unpaired) electrons. The van der Waals surface area contributed by atoms with Crippen molar-refractivity contribution in [3.05, 3.63) is 47.9 Å². The number of carbonyl (C=O) groups excluding carboxylic acids is 1. The molecule has 27 heavy (non-hydrogen) atoms. The van der Waals surface area contributed by atoms with Crippen LogP contribution in [0, 0.1) is 0 Å². The lowest BCUT2D eigenvalue weighted by Crippen LogP contribution is -2.26. The number of nitrogens with two attached hydrogens (primary N) is 1. The number of primary sulfonamides is 1. The quantitative estimate of drug-likeness (QED) is 0.501. The van der Waals surface area contributed by atoms with Gasteiger partial charge in [0.2, 0.25) is 10.0 Å². The highest BCUT2D eigenvalue weighted by atomic mass is 32.2. The number of anilines is 1. The van der Waals surface area contributed by atoms with E-state index in [-0.39, 0.29) is 16.5 Å². The fourth-order valence-corrected chi connectivity index (χ4v) is 2.78. The van der Waals surface area contributed by atoms with Crippen molar-refractivity contribution in [2.75, 3.05) is 32.1 Å². The molecule has 2 rings (SSSR count). The van der Waals surface area contributed by atoms with Gasteiger partial charge in [-0.3, -0.25) is 4.79 Å². The molecule has 4 N–H and O–H groups in total. The number of benzene rings is 1. The van der Waals surface area contributed by atoms with Crippen LogP contribution in [0.25, 0.3) is 0 Å². The SMILES string of the molecule is COCCCNc1cc(C(=O)NCCc2ccc(S(N)(=O)=O)cc2)ncn1. The average molecular weight is 393 g/mol. The van der Waals surface area contributed by atoms with Gasteiger partial charge in [0, 0.05) is 32.9 Å². The third-order valence-electron chi connectivity index (χ3n) is 3.68. The summed E-state index contributed by atoms with van der Waals surface area (Å²) < 4.78 is 27.4. The lowest BCUT2D eigenvalue weighted by molar-refractivity contribution is 0.0949. The third kappa shape index (κ3) is 6.93. The molecule has 0 aliphatic heterocycles. The number of rotatable bonds is 10. The van der Waals surface area contributed by atoms with Crippen molar-refractivity contribution in [2.24, 2.45) is 5.14 Å². The van der Waals surface area contributed by atoms with Crippen molar-refractivity contribution < 1.29 is 17.9 Å². The second-order valence-corrected chi connectivity index (χ2v) is 7.32. The molecular weight excluding hydrogens is 370 g/mol. The Kier molecular flexibility index (Phi) is 7.65. The highest BCUT2D eigenvalue weighted by molar-refractivity contribution is 7.89. The Hall–Kier alpha value is -2.56. The molecule has 1 heterocycles. The highest BCUT2D eigenvalue weighted by Gasteiger charge is 2.09. The van der Waals surface area contributed by atoms with Crippen molar-refractivity contribution in [2.45, 2.75) is 17.7 Å². The minimum atomic E-state index is -3.70. The first-order valence-corrected chi connectivity index (χ1v) is 9.89. The van der Waals surface area contributed by atoms with E-state index in [0.717, 1.165) is 12.0 Å². The number of nitrogens with zero attached hydrogens (tertiary/aromatic N) is 2. The summed E-state index contributed by atoms with van der Waals surface area (Å²) in [5, 5.41) is 10.9. The lowest BCUT2D eigenvalue weighted by Gasteiger charge is -2.08. The first-order chi connectivity index (χ1) is 12.9. The second kappa shape index (κ2) is 9.95. The fourth-order valence-electron chi connectivity index (χ4n) is 2.27. The van der Waals surface area contributed by atoms with Crippen molar-refractivity contribution in [1.29, 1.82) is 0 Å². The summed E-state index contributed by atoms with van der Waals surface area (Å²) in [5.74, 6) is 0.267. The molecule has 1 aromatic carbocycles. The molecule has 0 saturated carbocycles. The van der Waals surface area contributed by atoms with Crippen LogP contribution >= 0.6 is 0 Å². The Morgan fingerprint density at radius 1 is 1.19 bits per heavy atom. The van der Waals surface area contributed by atoms with Gasteiger partial charge in [0.05, 0.1) is 4.90 Å². The number of carbonyl (C=O) groups is 1. The maximum absolute atomic E-state index is 12.2. The number of hydrogen-bond acceptors (Lipinski definition) is 7. The minimum Gasteiger partial charge on any atom is -0.385 e. The van der Waals surface area contributed by atoms with Gasteiger partial charge >= 0.3 is 0 Å². The van der Waals surface area contributed by atoms with E-state index in [1.54, 1.807) is 25.3 Å². The molecule has 0 aliphatic rings. The maximum Gasteiger partial charge on any atom is 0.270 e. The molecule has 0 bridgehead atoms. The predicted molar refractivity (Wildman–Crippen MR) is 101 cm³/mol. The Bertz CT molecular complexity index is 856. The summed E-state index contributed by atoms with van der Waals surface area (Å²) in [5.41, 5.74) is 1.15. The topological polar surface area (TPSA) is 136 Å². The van der Waals surface area contributed by atoms with E-state index in [9.17, 15) is 13.2 Å². The summed E-state index contributed by atoms with van der Waals surface area (Å²) in [6.07, 6.45) is 2.70. The molecule has 0 aliphatic carbocycles. The van der Waals surface area contributed by atoms with Gasteiger partial charge in [-0.1, -0.05) is 12.1 Å². The Morgan fingerprint density at radius 3 is 2.59 bits per heavy atom. The van der Waals surface area contributed by atoms with Gasteiger partial charge in [0.25, 0.3) is 5.91 Å². The van der Waals surface area contributed by atoms with Gasteiger partial charge in [0.15, 0.2) is 0 Å².